The summed E-state index contributed by atoms with van der Waals surface area (Å²) in [4.78, 5) is 29.5. The van der Waals surface area contributed by atoms with E-state index in [-0.39, 0.29) is 17.6 Å². The fourth-order valence-electron chi connectivity index (χ4n) is 5.40. The standard InChI is InChI=1S/C30H24FN7O/c31-23-8-4-3-7-20(23)22-15-33-16-27-21(22)12-26(35-27)29-28-25(37-38-29)10-9-24(36-28)18-11-19(14-32-13-18)34-30(39)17-5-1-2-6-17/h3-4,7-17,35H,1-2,5-6H2,(H,34,39)(H,37,38). The third-order valence-electron chi connectivity index (χ3n) is 7.40. The van der Waals surface area contributed by atoms with E-state index in [9.17, 15) is 9.18 Å². The Bertz CT molecular complexity index is 1850. The van der Waals surface area contributed by atoms with Crippen molar-refractivity contribution >= 4 is 33.5 Å². The highest BCUT2D eigenvalue weighted by Crippen LogP contribution is 2.34. The van der Waals surface area contributed by atoms with E-state index >= 15 is 0 Å². The molecule has 1 aromatic carbocycles. The number of hydrogen-bond donors (Lipinski definition) is 3. The molecule has 5 aromatic heterocycles. The molecule has 0 radical (unpaired) electrons. The summed E-state index contributed by atoms with van der Waals surface area (Å²) in [7, 11) is 0. The van der Waals surface area contributed by atoms with Crippen LogP contribution >= 0.6 is 0 Å². The van der Waals surface area contributed by atoms with Crippen LogP contribution in [0.4, 0.5) is 10.1 Å². The van der Waals surface area contributed by atoms with Crippen molar-refractivity contribution in [3.05, 3.63) is 79.1 Å². The minimum Gasteiger partial charge on any atom is -0.352 e. The smallest absolute Gasteiger partial charge is 0.227 e. The van der Waals surface area contributed by atoms with E-state index in [1.54, 1.807) is 36.9 Å². The van der Waals surface area contributed by atoms with Gasteiger partial charge in [0, 0.05) is 40.4 Å². The minimum absolute atomic E-state index is 0.0510. The third kappa shape index (κ3) is 4.21. The number of carbonyl (C=O) groups excluding carboxylic acids is 1. The predicted molar refractivity (Wildman–Crippen MR) is 148 cm³/mol. The second-order valence-electron chi connectivity index (χ2n) is 9.91. The quantitative estimate of drug-likeness (QED) is 0.242. The van der Waals surface area contributed by atoms with E-state index in [1.165, 1.54) is 6.07 Å². The van der Waals surface area contributed by atoms with Gasteiger partial charge < -0.3 is 10.3 Å². The lowest BCUT2D eigenvalue weighted by atomic mass is 10.0. The molecule has 0 saturated heterocycles. The Morgan fingerprint density at radius 3 is 2.64 bits per heavy atom. The maximum absolute atomic E-state index is 14.6. The van der Waals surface area contributed by atoms with Gasteiger partial charge in [-0.05, 0) is 43.2 Å². The zero-order valence-corrected chi connectivity index (χ0v) is 20.9. The summed E-state index contributed by atoms with van der Waals surface area (Å²) in [6, 6.07) is 14.3. The van der Waals surface area contributed by atoms with E-state index in [4.69, 9.17) is 4.98 Å². The highest BCUT2D eigenvalue weighted by atomic mass is 19.1. The molecule has 9 heteroatoms. The van der Waals surface area contributed by atoms with Crippen LogP contribution in [0.5, 0.6) is 0 Å². The lowest BCUT2D eigenvalue weighted by molar-refractivity contribution is -0.119. The molecule has 39 heavy (non-hydrogen) atoms. The highest BCUT2D eigenvalue weighted by molar-refractivity contribution is 6.00. The molecule has 0 atom stereocenters. The summed E-state index contributed by atoms with van der Waals surface area (Å²) in [5, 5.41) is 11.4. The van der Waals surface area contributed by atoms with Gasteiger partial charge in [0.05, 0.1) is 40.5 Å². The third-order valence-corrected chi connectivity index (χ3v) is 7.40. The molecule has 3 N–H and O–H groups in total. The number of anilines is 1. The number of fused-ring (bicyclic) bond motifs is 2. The Kier molecular flexibility index (Phi) is 5.61. The SMILES string of the molecule is O=C(Nc1cncc(-c2ccc3[nH]nc(-c4cc5c(-c6ccccc6F)cncc5[nH]4)c3n2)c1)C1CCCC1. The molecule has 5 heterocycles. The number of hydrogen-bond acceptors (Lipinski definition) is 5. The highest BCUT2D eigenvalue weighted by Gasteiger charge is 2.23. The first-order valence-electron chi connectivity index (χ1n) is 13.0. The van der Waals surface area contributed by atoms with E-state index in [1.807, 2.05) is 30.3 Å². The second-order valence-corrected chi connectivity index (χ2v) is 9.91. The summed E-state index contributed by atoms with van der Waals surface area (Å²) >= 11 is 0. The lowest BCUT2D eigenvalue weighted by Crippen LogP contribution is -2.20. The van der Waals surface area contributed by atoms with Crippen LogP contribution in [0, 0.1) is 11.7 Å². The molecule has 1 fully saturated rings. The zero-order valence-electron chi connectivity index (χ0n) is 20.9. The first-order valence-corrected chi connectivity index (χ1v) is 13.0. The van der Waals surface area contributed by atoms with Crippen molar-refractivity contribution in [3.8, 4) is 33.8 Å². The van der Waals surface area contributed by atoms with Gasteiger partial charge in [-0.1, -0.05) is 31.0 Å². The van der Waals surface area contributed by atoms with Crippen LogP contribution in [0.1, 0.15) is 25.7 Å². The fraction of sp³-hybridized carbons (Fsp3) is 0.167. The molecule has 8 nitrogen and oxygen atoms in total. The summed E-state index contributed by atoms with van der Waals surface area (Å²) in [6.07, 6.45) is 10.8. The van der Waals surface area contributed by atoms with Crippen LogP contribution in [0.15, 0.2) is 73.3 Å². The Morgan fingerprint density at radius 1 is 0.923 bits per heavy atom. The van der Waals surface area contributed by atoms with Crippen LogP contribution in [-0.4, -0.2) is 36.0 Å². The molecule has 1 amide bonds. The van der Waals surface area contributed by atoms with E-state index in [0.717, 1.165) is 53.4 Å². The number of amides is 1. The van der Waals surface area contributed by atoms with Crippen molar-refractivity contribution in [2.24, 2.45) is 5.92 Å². The number of aromatic nitrogens is 6. The van der Waals surface area contributed by atoms with Crippen molar-refractivity contribution in [1.82, 2.24) is 30.1 Å². The van der Waals surface area contributed by atoms with Crippen LogP contribution in [-0.2, 0) is 4.79 Å². The van der Waals surface area contributed by atoms with E-state index in [2.05, 4.69) is 30.5 Å². The van der Waals surface area contributed by atoms with E-state index < -0.39 is 0 Å². The Hall–Kier alpha value is -4.92. The molecule has 192 valence electrons. The molecular weight excluding hydrogens is 493 g/mol. The number of benzene rings is 1. The number of nitrogens with zero attached hydrogens (tertiary/aromatic N) is 4. The maximum Gasteiger partial charge on any atom is 0.227 e. The van der Waals surface area contributed by atoms with Gasteiger partial charge in [0.25, 0.3) is 0 Å². The molecule has 7 rings (SSSR count). The van der Waals surface area contributed by atoms with Crippen molar-refractivity contribution in [2.75, 3.05) is 5.32 Å². The Labute approximate surface area is 222 Å². The Balaban J connectivity index is 1.25. The number of nitrogens with one attached hydrogen (secondary N) is 3. The zero-order chi connectivity index (χ0) is 26.3. The monoisotopic (exact) mass is 517 g/mol. The lowest BCUT2D eigenvalue weighted by Gasteiger charge is -2.11. The van der Waals surface area contributed by atoms with Crippen molar-refractivity contribution < 1.29 is 9.18 Å². The number of rotatable bonds is 5. The van der Waals surface area contributed by atoms with Gasteiger partial charge in [-0.25, -0.2) is 9.37 Å². The number of halogens is 1. The number of H-pyrrole nitrogens is 2. The Morgan fingerprint density at radius 2 is 1.77 bits per heavy atom. The van der Waals surface area contributed by atoms with Crippen LogP contribution < -0.4 is 5.32 Å². The van der Waals surface area contributed by atoms with Gasteiger partial charge in [0.15, 0.2) is 0 Å². The van der Waals surface area contributed by atoms with Crippen molar-refractivity contribution in [2.45, 2.75) is 25.7 Å². The molecule has 1 saturated carbocycles. The average Bonchev–Trinajstić information content (AvgIpc) is 3.73. The summed E-state index contributed by atoms with van der Waals surface area (Å²) in [5.74, 6) is -0.182. The molecule has 1 aliphatic rings. The summed E-state index contributed by atoms with van der Waals surface area (Å²) in [6.45, 7) is 0. The predicted octanol–water partition coefficient (Wildman–Crippen LogP) is 6.50. The number of carbonyl (C=O) groups is 1. The van der Waals surface area contributed by atoms with Gasteiger partial charge in [-0.2, -0.15) is 5.10 Å². The molecule has 6 aromatic rings. The molecule has 0 spiro atoms. The molecule has 1 aliphatic carbocycles. The van der Waals surface area contributed by atoms with Gasteiger partial charge in [-0.15, -0.1) is 0 Å². The first kappa shape index (κ1) is 23.2. The molecular formula is C30H24FN7O. The van der Waals surface area contributed by atoms with Gasteiger partial charge in [-0.3, -0.25) is 19.9 Å². The van der Waals surface area contributed by atoms with Crippen LogP contribution in [0.3, 0.4) is 0 Å². The van der Waals surface area contributed by atoms with Crippen molar-refractivity contribution in [1.29, 1.82) is 0 Å². The number of aromatic amines is 2. The van der Waals surface area contributed by atoms with Gasteiger partial charge in [0.1, 0.15) is 17.0 Å². The largest absolute Gasteiger partial charge is 0.352 e. The molecule has 0 bridgehead atoms. The second kappa shape index (κ2) is 9.43. The van der Waals surface area contributed by atoms with E-state index in [0.29, 0.717) is 33.7 Å². The molecule has 0 unspecified atom stereocenters. The first-order chi connectivity index (χ1) is 19.1. The minimum atomic E-state index is -0.304. The number of pyridine rings is 3. The fourth-order valence-corrected chi connectivity index (χ4v) is 5.40. The normalized spacial score (nSPS) is 13.9. The van der Waals surface area contributed by atoms with Crippen LogP contribution in [0.25, 0.3) is 55.7 Å². The molecule has 0 aliphatic heterocycles. The van der Waals surface area contributed by atoms with Gasteiger partial charge in [0.2, 0.25) is 5.91 Å². The topological polar surface area (TPSA) is 112 Å². The van der Waals surface area contributed by atoms with Gasteiger partial charge >= 0.3 is 0 Å². The average molecular weight is 518 g/mol. The maximum atomic E-state index is 14.6. The summed E-state index contributed by atoms with van der Waals surface area (Å²) in [5.41, 5.74) is 6.94. The van der Waals surface area contributed by atoms with Crippen molar-refractivity contribution in [3.63, 3.8) is 0 Å². The summed E-state index contributed by atoms with van der Waals surface area (Å²) < 4.78 is 14.6. The van der Waals surface area contributed by atoms with Crippen LogP contribution in [0.2, 0.25) is 0 Å².